The first-order valence-corrected chi connectivity index (χ1v) is 5.13. The van der Waals surface area contributed by atoms with Gasteiger partial charge in [-0.3, -0.25) is 4.79 Å². The SMILES string of the molecule is CC(N)CCC(=O)N1CCC(C)C1. The lowest BCUT2D eigenvalue weighted by Crippen LogP contribution is -2.29. The van der Waals surface area contributed by atoms with E-state index in [2.05, 4.69) is 6.92 Å². The molecule has 76 valence electrons. The topological polar surface area (TPSA) is 46.3 Å². The van der Waals surface area contributed by atoms with Crippen molar-refractivity contribution in [2.24, 2.45) is 11.7 Å². The molecule has 2 atom stereocenters. The van der Waals surface area contributed by atoms with Crippen LogP contribution in [-0.4, -0.2) is 29.9 Å². The highest BCUT2D eigenvalue weighted by Crippen LogP contribution is 2.16. The van der Waals surface area contributed by atoms with Gasteiger partial charge in [-0.1, -0.05) is 6.92 Å². The third-order valence-corrected chi connectivity index (χ3v) is 2.59. The normalized spacial score (nSPS) is 24.8. The zero-order valence-corrected chi connectivity index (χ0v) is 8.62. The van der Waals surface area contributed by atoms with Crippen molar-refractivity contribution in [3.8, 4) is 0 Å². The zero-order chi connectivity index (χ0) is 9.84. The summed E-state index contributed by atoms with van der Waals surface area (Å²) in [4.78, 5) is 13.5. The summed E-state index contributed by atoms with van der Waals surface area (Å²) in [5.74, 6) is 0.959. The first-order chi connectivity index (χ1) is 6.09. The number of hydrogen-bond donors (Lipinski definition) is 1. The summed E-state index contributed by atoms with van der Waals surface area (Å²) in [7, 11) is 0. The molecule has 2 unspecified atom stereocenters. The minimum atomic E-state index is 0.143. The Hall–Kier alpha value is -0.570. The zero-order valence-electron chi connectivity index (χ0n) is 8.62. The van der Waals surface area contributed by atoms with Gasteiger partial charge >= 0.3 is 0 Å². The van der Waals surface area contributed by atoms with Crippen LogP contribution in [0.25, 0.3) is 0 Å². The Kier molecular flexibility index (Phi) is 3.72. The van der Waals surface area contributed by atoms with Crippen molar-refractivity contribution in [2.45, 2.75) is 39.2 Å². The lowest BCUT2D eigenvalue weighted by Gasteiger charge is -2.16. The fourth-order valence-corrected chi connectivity index (χ4v) is 1.67. The molecule has 0 bridgehead atoms. The van der Waals surface area contributed by atoms with Crippen LogP contribution in [-0.2, 0) is 4.79 Å². The Morgan fingerprint density at radius 3 is 2.85 bits per heavy atom. The Labute approximate surface area is 80.3 Å². The molecule has 1 aliphatic rings. The molecular formula is C10H20N2O. The molecular weight excluding hydrogens is 164 g/mol. The van der Waals surface area contributed by atoms with Gasteiger partial charge in [0.05, 0.1) is 0 Å². The number of carbonyl (C=O) groups excluding carboxylic acids is 1. The molecule has 2 N–H and O–H groups in total. The minimum absolute atomic E-state index is 0.143. The highest BCUT2D eigenvalue weighted by atomic mass is 16.2. The highest BCUT2D eigenvalue weighted by molar-refractivity contribution is 5.76. The lowest BCUT2D eigenvalue weighted by molar-refractivity contribution is -0.130. The fourth-order valence-electron chi connectivity index (χ4n) is 1.67. The van der Waals surface area contributed by atoms with Crippen molar-refractivity contribution in [1.82, 2.24) is 4.90 Å². The van der Waals surface area contributed by atoms with E-state index in [-0.39, 0.29) is 11.9 Å². The van der Waals surface area contributed by atoms with Crippen LogP contribution in [0.4, 0.5) is 0 Å². The maximum Gasteiger partial charge on any atom is 0.222 e. The molecule has 1 amide bonds. The van der Waals surface area contributed by atoms with E-state index in [9.17, 15) is 4.79 Å². The second-order valence-corrected chi connectivity index (χ2v) is 4.25. The lowest BCUT2D eigenvalue weighted by atomic mass is 10.2. The summed E-state index contributed by atoms with van der Waals surface area (Å²) in [5.41, 5.74) is 5.60. The molecule has 13 heavy (non-hydrogen) atoms. The van der Waals surface area contributed by atoms with Gasteiger partial charge in [0.1, 0.15) is 0 Å². The van der Waals surface area contributed by atoms with E-state index in [4.69, 9.17) is 5.73 Å². The maximum absolute atomic E-state index is 11.6. The molecule has 0 spiro atoms. The predicted molar refractivity (Wildman–Crippen MR) is 53.2 cm³/mol. The second-order valence-electron chi connectivity index (χ2n) is 4.25. The van der Waals surface area contributed by atoms with Gasteiger partial charge < -0.3 is 10.6 Å². The standard InChI is InChI=1S/C10H20N2O/c1-8-5-6-12(7-8)10(13)4-3-9(2)11/h8-9H,3-7,11H2,1-2H3. The van der Waals surface area contributed by atoms with Crippen molar-refractivity contribution in [1.29, 1.82) is 0 Å². The average Bonchev–Trinajstić information content (AvgIpc) is 2.47. The molecule has 0 aliphatic carbocycles. The molecule has 0 aromatic carbocycles. The van der Waals surface area contributed by atoms with Gasteiger partial charge in [-0.25, -0.2) is 0 Å². The van der Waals surface area contributed by atoms with E-state index >= 15 is 0 Å². The fraction of sp³-hybridized carbons (Fsp3) is 0.900. The number of nitrogens with zero attached hydrogens (tertiary/aromatic N) is 1. The van der Waals surface area contributed by atoms with Crippen molar-refractivity contribution in [2.75, 3.05) is 13.1 Å². The molecule has 3 nitrogen and oxygen atoms in total. The third-order valence-electron chi connectivity index (χ3n) is 2.59. The third kappa shape index (κ3) is 3.35. The second kappa shape index (κ2) is 4.61. The molecule has 1 fully saturated rings. The molecule has 0 radical (unpaired) electrons. The Morgan fingerprint density at radius 2 is 2.38 bits per heavy atom. The van der Waals surface area contributed by atoms with Gasteiger partial charge in [0.2, 0.25) is 5.91 Å². The van der Waals surface area contributed by atoms with Gasteiger partial charge in [0, 0.05) is 25.6 Å². The van der Waals surface area contributed by atoms with Gasteiger partial charge in [-0.15, -0.1) is 0 Å². The molecule has 0 saturated carbocycles. The number of rotatable bonds is 3. The first-order valence-electron chi connectivity index (χ1n) is 5.13. The van der Waals surface area contributed by atoms with E-state index in [1.54, 1.807) is 0 Å². The van der Waals surface area contributed by atoms with Crippen LogP contribution in [0.15, 0.2) is 0 Å². The summed E-state index contributed by atoms with van der Waals surface area (Å²) in [6.45, 7) is 6.02. The molecule has 1 heterocycles. The Bertz CT molecular complexity index is 180. The monoisotopic (exact) mass is 184 g/mol. The van der Waals surface area contributed by atoms with Crippen molar-refractivity contribution >= 4 is 5.91 Å². The van der Waals surface area contributed by atoms with Crippen LogP contribution >= 0.6 is 0 Å². The predicted octanol–water partition coefficient (Wildman–Crippen LogP) is 0.982. The van der Waals surface area contributed by atoms with Crippen LogP contribution < -0.4 is 5.73 Å². The van der Waals surface area contributed by atoms with E-state index in [0.717, 1.165) is 25.9 Å². The van der Waals surface area contributed by atoms with E-state index in [0.29, 0.717) is 12.3 Å². The number of amides is 1. The molecule has 0 aromatic heterocycles. The van der Waals surface area contributed by atoms with E-state index < -0.39 is 0 Å². The van der Waals surface area contributed by atoms with Crippen LogP contribution in [0.5, 0.6) is 0 Å². The summed E-state index contributed by atoms with van der Waals surface area (Å²) in [5, 5.41) is 0. The molecule has 1 rings (SSSR count). The summed E-state index contributed by atoms with van der Waals surface area (Å²) < 4.78 is 0. The number of likely N-dealkylation sites (tertiary alicyclic amines) is 1. The number of carbonyl (C=O) groups is 1. The molecule has 1 saturated heterocycles. The number of nitrogens with two attached hydrogens (primary N) is 1. The van der Waals surface area contributed by atoms with Crippen LogP contribution in [0, 0.1) is 5.92 Å². The minimum Gasteiger partial charge on any atom is -0.342 e. The van der Waals surface area contributed by atoms with Gasteiger partial charge in [0.25, 0.3) is 0 Å². The van der Waals surface area contributed by atoms with Crippen LogP contribution in [0.3, 0.4) is 0 Å². The quantitative estimate of drug-likeness (QED) is 0.710. The smallest absolute Gasteiger partial charge is 0.222 e. The van der Waals surface area contributed by atoms with E-state index in [1.165, 1.54) is 0 Å². The van der Waals surface area contributed by atoms with Crippen molar-refractivity contribution < 1.29 is 4.79 Å². The summed E-state index contributed by atoms with van der Waals surface area (Å²) in [6.07, 6.45) is 2.58. The summed E-state index contributed by atoms with van der Waals surface area (Å²) >= 11 is 0. The maximum atomic E-state index is 11.6. The molecule has 1 aliphatic heterocycles. The molecule has 3 heteroatoms. The van der Waals surface area contributed by atoms with Crippen LogP contribution in [0.2, 0.25) is 0 Å². The Morgan fingerprint density at radius 1 is 1.69 bits per heavy atom. The number of hydrogen-bond acceptors (Lipinski definition) is 2. The van der Waals surface area contributed by atoms with Crippen molar-refractivity contribution in [3.05, 3.63) is 0 Å². The van der Waals surface area contributed by atoms with Gasteiger partial charge in [-0.05, 0) is 25.7 Å². The average molecular weight is 184 g/mol. The van der Waals surface area contributed by atoms with E-state index in [1.807, 2.05) is 11.8 Å². The van der Waals surface area contributed by atoms with Crippen LogP contribution in [0.1, 0.15) is 33.1 Å². The summed E-state index contributed by atoms with van der Waals surface area (Å²) in [6, 6.07) is 0.143. The molecule has 0 aromatic rings. The van der Waals surface area contributed by atoms with Gasteiger partial charge in [0.15, 0.2) is 0 Å². The Balaban J connectivity index is 2.24. The largest absolute Gasteiger partial charge is 0.342 e. The van der Waals surface area contributed by atoms with Crippen molar-refractivity contribution in [3.63, 3.8) is 0 Å². The first kappa shape index (κ1) is 10.5. The highest BCUT2D eigenvalue weighted by Gasteiger charge is 2.22. The van der Waals surface area contributed by atoms with Gasteiger partial charge in [-0.2, -0.15) is 0 Å².